The van der Waals surface area contributed by atoms with E-state index in [9.17, 15) is 4.79 Å². The molecule has 0 unspecified atom stereocenters. The maximum absolute atomic E-state index is 11.9. The van der Waals surface area contributed by atoms with Gasteiger partial charge in [0, 0.05) is 32.6 Å². The number of rotatable bonds is 12. The Bertz CT molecular complexity index is 828. The fourth-order valence-corrected chi connectivity index (χ4v) is 4.07. The summed E-state index contributed by atoms with van der Waals surface area (Å²) in [5.41, 5.74) is 2.43. The maximum atomic E-state index is 11.9. The van der Waals surface area contributed by atoms with E-state index in [-0.39, 0.29) is 18.3 Å². The minimum absolute atomic E-state index is 0.0161. The fourth-order valence-electron chi connectivity index (χ4n) is 4.07. The number of ether oxygens (including phenoxy) is 2. The van der Waals surface area contributed by atoms with Crippen LogP contribution in [-0.2, 0) is 4.74 Å². The maximum Gasteiger partial charge on any atom is 0.407 e. The predicted molar refractivity (Wildman–Crippen MR) is 133 cm³/mol. The van der Waals surface area contributed by atoms with Gasteiger partial charge in [0.05, 0.1) is 0 Å². The highest BCUT2D eigenvalue weighted by Crippen LogP contribution is 2.25. The summed E-state index contributed by atoms with van der Waals surface area (Å²) in [5, 5.41) is 2.88. The van der Waals surface area contributed by atoms with Crippen LogP contribution < -0.4 is 10.1 Å². The Labute approximate surface area is 198 Å². The number of hydrogen-bond donors (Lipinski definition) is 1. The van der Waals surface area contributed by atoms with Crippen molar-refractivity contribution in [1.29, 1.82) is 0 Å². The summed E-state index contributed by atoms with van der Waals surface area (Å²) >= 11 is 0. The van der Waals surface area contributed by atoms with Crippen molar-refractivity contribution >= 4 is 6.09 Å². The lowest BCUT2D eigenvalue weighted by Crippen LogP contribution is -2.31. The Kier molecular flexibility index (Phi) is 10.0. The first-order chi connectivity index (χ1) is 16.0. The minimum Gasteiger partial charge on any atom is -0.486 e. The Morgan fingerprint density at radius 1 is 1.12 bits per heavy atom. The Balaban J connectivity index is 1.35. The molecule has 0 bridgehead atoms. The molecular weight excluding hydrogens is 414 g/mol. The Morgan fingerprint density at radius 3 is 2.58 bits per heavy atom. The van der Waals surface area contributed by atoms with Crippen molar-refractivity contribution in [2.75, 3.05) is 46.8 Å². The molecular formula is C27H39N3O3. The van der Waals surface area contributed by atoms with Gasteiger partial charge in [0.1, 0.15) is 18.0 Å². The van der Waals surface area contributed by atoms with Crippen molar-refractivity contribution in [1.82, 2.24) is 15.1 Å². The van der Waals surface area contributed by atoms with Crippen LogP contribution >= 0.6 is 0 Å². The number of likely N-dealkylation sites (tertiary alicyclic amines) is 1. The zero-order valence-corrected chi connectivity index (χ0v) is 20.3. The van der Waals surface area contributed by atoms with Crippen LogP contribution in [0, 0.1) is 6.92 Å². The van der Waals surface area contributed by atoms with Crippen molar-refractivity contribution in [3.8, 4) is 5.75 Å². The highest BCUT2D eigenvalue weighted by atomic mass is 16.6. The number of likely N-dealkylation sites (N-methyl/N-ethyl adjacent to an activating group) is 1. The highest BCUT2D eigenvalue weighted by molar-refractivity contribution is 5.67. The molecule has 1 N–H and O–H groups in total. The quantitative estimate of drug-likeness (QED) is 0.474. The number of alkyl carbamates (subject to hydrolysis) is 1. The Hall–Kier alpha value is -2.57. The molecule has 0 aliphatic carbocycles. The molecule has 1 fully saturated rings. The molecule has 0 spiro atoms. The lowest BCUT2D eigenvalue weighted by atomic mass is 10.1. The normalized spacial score (nSPS) is 17.2. The third-order valence-corrected chi connectivity index (χ3v) is 6.10. The average Bonchev–Trinajstić information content (AvgIpc) is 3.22. The third-order valence-electron chi connectivity index (χ3n) is 6.10. The number of nitrogens with one attached hydrogen (secondary N) is 1. The molecule has 0 aromatic heterocycles. The number of hydrogen-bond acceptors (Lipinski definition) is 5. The average molecular weight is 454 g/mol. The number of carbonyl (C=O) groups excluding carboxylic acids is 1. The fraction of sp³-hybridized carbons (Fsp3) is 0.519. The van der Waals surface area contributed by atoms with E-state index in [0.717, 1.165) is 57.6 Å². The summed E-state index contributed by atoms with van der Waals surface area (Å²) in [5.74, 6) is 0.902. The van der Waals surface area contributed by atoms with Crippen molar-refractivity contribution < 1.29 is 14.3 Å². The van der Waals surface area contributed by atoms with Crippen molar-refractivity contribution in [2.45, 2.75) is 44.8 Å². The van der Waals surface area contributed by atoms with Gasteiger partial charge in [-0.25, -0.2) is 4.79 Å². The van der Waals surface area contributed by atoms with Crippen LogP contribution in [-0.4, -0.2) is 68.8 Å². The van der Waals surface area contributed by atoms with Gasteiger partial charge in [-0.2, -0.15) is 0 Å². The molecule has 0 saturated carbocycles. The summed E-state index contributed by atoms with van der Waals surface area (Å²) in [6.07, 6.45) is 3.55. The van der Waals surface area contributed by atoms with Gasteiger partial charge in [0.25, 0.3) is 0 Å². The van der Waals surface area contributed by atoms with E-state index in [0.29, 0.717) is 6.54 Å². The monoisotopic (exact) mass is 453 g/mol. The van der Waals surface area contributed by atoms with Crippen LogP contribution in [0.4, 0.5) is 4.79 Å². The van der Waals surface area contributed by atoms with E-state index >= 15 is 0 Å². The smallest absolute Gasteiger partial charge is 0.407 e. The predicted octanol–water partition coefficient (Wildman–Crippen LogP) is 4.65. The van der Waals surface area contributed by atoms with Gasteiger partial charge in [-0.05, 0) is 64.5 Å². The second-order valence-corrected chi connectivity index (χ2v) is 9.13. The zero-order chi connectivity index (χ0) is 23.5. The number of unbranched alkanes of at least 4 members (excludes halogenated alkanes) is 1. The molecule has 1 aliphatic heterocycles. The standard InChI is InChI=1S/C27H39N3O3/c1-22-11-13-24(14-12-22)32-26(23-9-5-4-6-10-23)16-20-29(2)18-8-7-17-28-27(31)33-25-15-19-30(3)21-25/h4-6,9-14,25-26H,7-8,15-21H2,1-3H3,(H,28,31)/t25-,26-/m1/s1. The second kappa shape index (κ2) is 13.2. The lowest BCUT2D eigenvalue weighted by Gasteiger charge is -2.23. The van der Waals surface area contributed by atoms with Crippen molar-refractivity contribution in [3.05, 3.63) is 65.7 Å². The summed E-state index contributed by atoms with van der Waals surface area (Å²) in [4.78, 5) is 16.4. The number of amides is 1. The number of benzene rings is 2. The molecule has 2 aromatic rings. The largest absolute Gasteiger partial charge is 0.486 e. The van der Waals surface area contributed by atoms with Crippen LogP contribution in [0.3, 0.4) is 0 Å². The molecule has 6 heteroatoms. The van der Waals surface area contributed by atoms with Gasteiger partial charge in [0.15, 0.2) is 0 Å². The van der Waals surface area contributed by atoms with E-state index in [2.05, 4.69) is 72.5 Å². The van der Waals surface area contributed by atoms with Crippen molar-refractivity contribution in [3.63, 3.8) is 0 Å². The van der Waals surface area contributed by atoms with Gasteiger partial charge >= 0.3 is 6.09 Å². The van der Waals surface area contributed by atoms with E-state index in [1.807, 2.05) is 18.2 Å². The lowest BCUT2D eigenvalue weighted by molar-refractivity contribution is 0.102. The first-order valence-electron chi connectivity index (χ1n) is 12.1. The van der Waals surface area contributed by atoms with Crippen molar-refractivity contribution in [2.24, 2.45) is 0 Å². The molecule has 6 nitrogen and oxygen atoms in total. The minimum atomic E-state index is -0.289. The van der Waals surface area contributed by atoms with Crippen LogP contribution in [0.1, 0.15) is 42.9 Å². The van der Waals surface area contributed by atoms with Gasteiger partial charge in [0.2, 0.25) is 0 Å². The summed E-state index contributed by atoms with van der Waals surface area (Å²) < 4.78 is 11.8. The molecule has 1 amide bonds. The summed E-state index contributed by atoms with van der Waals surface area (Å²) in [6.45, 7) is 6.48. The SMILES string of the molecule is Cc1ccc(O[C@H](CCN(C)CCCCNC(=O)O[C@@H]2CCN(C)C2)c2ccccc2)cc1. The first kappa shape index (κ1) is 25.1. The molecule has 1 saturated heterocycles. The molecule has 3 rings (SSSR count). The third kappa shape index (κ3) is 9.06. The molecule has 2 aromatic carbocycles. The molecule has 2 atom stereocenters. The number of aryl methyl sites for hydroxylation is 1. The van der Waals surface area contributed by atoms with E-state index in [4.69, 9.17) is 9.47 Å². The van der Waals surface area contributed by atoms with Crippen LogP contribution in [0.25, 0.3) is 0 Å². The number of nitrogens with zero attached hydrogens (tertiary/aromatic N) is 2. The molecule has 33 heavy (non-hydrogen) atoms. The van der Waals surface area contributed by atoms with E-state index in [1.54, 1.807) is 0 Å². The summed E-state index contributed by atoms with van der Waals surface area (Å²) in [6, 6.07) is 18.7. The Morgan fingerprint density at radius 2 is 1.88 bits per heavy atom. The highest BCUT2D eigenvalue weighted by Gasteiger charge is 2.22. The van der Waals surface area contributed by atoms with Crippen LogP contribution in [0.15, 0.2) is 54.6 Å². The van der Waals surface area contributed by atoms with Gasteiger partial charge in [-0.3, -0.25) is 0 Å². The van der Waals surface area contributed by atoms with Crippen LogP contribution in [0.2, 0.25) is 0 Å². The first-order valence-corrected chi connectivity index (χ1v) is 12.1. The molecule has 1 heterocycles. The van der Waals surface area contributed by atoms with E-state index in [1.165, 1.54) is 11.1 Å². The topological polar surface area (TPSA) is 54.0 Å². The number of carbonyl (C=O) groups is 1. The molecule has 180 valence electrons. The van der Waals surface area contributed by atoms with Gasteiger partial charge in [-0.1, -0.05) is 48.0 Å². The molecule has 0 radical (unpaired) electrons. The van der Waals surface area contributed by atoms with Crippen LogP contribution in [0.5, 0.6) is 5.75 Å². The zero-order valence-electron chi connectivity index (χ0n) is 20.3. The summed E-state index contributed by atoms with van der Waals surface area (Å²) in [7, 11) is 4.20. The van der Waals surface area contributed by atoms with Gasteiger partial charge in [-0.15, -0.1) is 0 Å². The van der Waals surface area contributed by atoms with Gasteiger partial charge < -0.3 is 24.6 Å². The molecule has 1 aliphatic rings. The second-order valence-electron chi connectivity index (χ2n) is 9.13. The van der Waals surface area contributed by atoms with E-state index < -0.39 is 0 Å².